The second-order valence-corrected chi connectivity index (χ2v) is 8.11. The molecule has 0 saturated carbocycles. The fraction of sp³-hybridized carbons (Fsp3) is 0.269. The Bertz CT molecular complexity index is 1090. The van der Waals surface area contributed by atoms with Crippen LogP contribution in [0.3, 0.4) is 0 Å². The molecule has 6 nitrogen and oxygen atoms in total. The summed E-state index contributed by atoms with van der Waals surface area (Å²) in [5, 5.41) is 32.2. The Morgan fingerprint density at radius 2 is 1.74 bits per heavy atom. The van der Waals surface area contributed by atoms with Crippen molar-refractivity contribution in [2.75, 3.05) is 13.2 Å². The van der Waals surface area contributed by atoms with E-state index < -0.39 is 24.6 Å². The number of hydrogen-bond acceptors (Lipinski definition) is 5. The fourth-order valence-corrected chi connectivity index (χ4v) is 3.45. The van der Waals surface area contributed by atoms with Gasteiger partial charge in [0.05, 0.1) is 6.10 Å². The summed E-state index contributed by atoms with van der Waals surface area (Å²) in [5.41, 5.74) is 0.965. The van der Waals surface area contributed by atoms with Gasteiger partial charge in [-0.25, -0.2) is 4.79 Å². The van der Waals surface area contributed by atoms with Gasteiger partial charge in [0.25, 0.3) is 0 Å². The molecule has 0 saturated heterocycles. The van der Waals surface area contributed by atoms with Crippen molar-refractivity contribution in [2.45, 2.75) is 31.4 Å². The van der Waals surface area contributed by atoms with Gasteiger partial charge in [-0.15, -0.1) is 0 Å². The van der Waals surface area contributed by atoms with Gasteiger partial charge in [-0.05, 0) is 48.7 Å². The van der Waals surface area contributed by atoms with Crippen LogP contribution in [0.5, 0.6) is 11.5 Å². The van der Waals surface area contributed by atoms with Gasteiger partial charge in [0, 0.05) is 18.2 Å². The third-order valence-electron chi connectivity index (χ3n) is 5.38. The zero-order chi connectivity index (χ0) is 24.7. The van der Waals surface area contributed by atoms with Crippen LogP contribution in [-0.2, 0) is 12.3 Å². The lowest BCUT2D eigenvalue weighted by Crippen LogP contribution is -2.32. The zero-order valence-electron chi connectivity index (χ0n) is 18.6. The number of halogens is 2. The molecule has 0 bridgehead atoms. The van der Waals surface area contributed by atoms with E-state index in [1.54, 1.807) is 42.5 Å². The molecule has 0 fully saturated rings. The predicted molar refractivity (Wildman–Crippen MR) is 123 cm³/mol. The van der Waals surface area contributed by atoms with Crippen LogP contribution in [0.15, 0.2) is 72.8 Å². The van der Waals surface area contributed by atoms with Crippen LogP contribution in [0.25, 0.3) is 0 Å². The summed E-state index contributed by atoms with van der Waals surface area (Å²) in [6, 6.07) is 18.3. The lowest BCUT2D eigenvalue weighted by Gasteiger charge is -2.19. The molecule has 8 heteroatoms. The van der Waals surface area contributed by atoms with Crippen molar-refractivity contribution < 1.29 is 33.6 Å². The average Bonchev–Trinajstić information content (AvgIpc) is 2.83. The minimum absolute atomic E-state index is 0.0279. The van der Waals surface area contributed by atoms with Gasteiger partial charge in [0.1, 0.15) is 17.1 Å². The molecule has 0 aliphatic carbocycles. The van der Waals surface area contributed by atoms with E-state index in [9.17, 15) is 23.8 Å². The van der Waals surface area contributed by atoms with Gasteiger partial charge in [-0.2, -0.15) is 8.78 Å². The largest absolute Gasteiger partial charge is 0.507 e. The number of alkyl halides is 2. The first kappa shape index (κ1) is 25.1. The van der Waals surface area contributed by atoms with Crippen molar-refractivity contribution in [1.82, 2.24) is 5.32 Å². The van der Waals surface area contributed by atoms with Crippen LogP contribution in [0.1, 0.15) is 40.1 Å². The maximum absolute atomic E-state index is 14.3. The highest BCUT2D eigenvalue weighted by Gasteiger charge is 2.32. The summed E-state index contributed by atoms with van der Waals surface area (Å²) in [6.07, 6.45) is -0.341. The van der Waals surface area contributed by atoms with E-state index in [-0.39, 0.29) is 29.5 Å². The first-order chi connectivity index (χ1) is 16.2. The Morgan fingerprint density at radius 1 is 1.06 bits per heavy atom. The monoisotopic (exact) mass is 471 g/mol. The molecule has 3 aromatic rings. The highest BCUT2D eigenvalue weighted by molar-refractivity contribution is 5.90. The minimum atomic E-state index is -3.10. The summed E-state index contributed by atoms with van der Waals surface area (Å²) in [4.78, 5) is 11.1. The number of benzene rings is 3. The molecule has 0 spiro atoms. The van der Waals surface area contributed by atoms with E-state index in [4.69, 9.17) is 9.84 Å². The normalized spacial score (nSPS) is 13.3. The summed E-state index contributed by atoms with van der Waals surface area (Å²) < 4.78 is 33.8. The van der Waals surface area contributed by atoms with Crippen LogP contribution in [0.4, 0.5) is 8.78 Å². The molecule has 2 atom stereocenters. The van der Waals surface area contributed by atoms with Gasteiger partial charge >= 0.3 is 11.9 Å². The Labute approximate surface area is 196 Å². The number of carbonyl (C=O) groups is 1. The third-order valence-corrected chi connectivity index (χ3v) is 5.38. The molecular weight excluding hydrogens is 444 g/mol. The van der Waals surface area contributed by atoms with Gasteiger partial charge in [0.15, 0.2) is 6.61 Å². The lowest BCUT2D eigenvalue weighted by atomic mass is 10.0. The third kappa shape index (κ3) is 6.76. The lowest BCUT2D eigenvalue weighted by molar-refractivity contribution is -0.0467. The van der Waals surface area contributed by atoms with Crippen molar-refractivity contribution >= 4 is 5.97 Å². The molecule has 34 heavy (non-hydrogen) atoms. The molecule has 1 unspecified atom stereocenters. The van der Waals surface area contributed by atoms with Crippen molar-refractivity contribution in [2.24, 2.45) is 0 Å². The topological polar surface area (TPSA) is 99.0 Å². The van der Waals surface area contributed by atoms with E-state index in [2.05, 4.69) is 5.32 Å². The molecule has 0 amide bonds. The summed E-state index contributed by atoms with van der Waals surface area (Å²) in [5.74, 6) is -4.39. The first-order valence-corrected chi connectivity index (χ1v) is 10.8. The van der Waals surface area contributed by atoms with Gasteiger partial charge in [0.2, 0.25) is 0 Å². The van der Waals surface area contributed by atoms with E-state index in [0.29, 0.717) is 17.7 Å². The number of ether oxygens (including phenoxy) is 1. The minimum Gasteiger partial charge on any atom is -0.507 e. The predicted octanol–water partition coefficient (Wildman–Crippen LogP) is 4.52. The number of carboxylic acids is 1. The molecule has 180 valence electrons. The molecule has 3 rings (SSSR count). The zero-order valence-corrected chi connectivity index (χ0v) is 18.6. The fourth-order valence-electron chi connectivity index (χ4n) is 3.45. The smallest absolute Gasteiger partial charge is 0.339 e. The number of carboxylic acid groups (broad SMARTS) is 1. The highest BCUT2D eigenvalue weighted by atomic mass is 19.3. The summed E-state index contributed by atoms with van der Waals surface area (Å²) in [6.45, 7) is 1.35. The van der Waals surface area contributed by atoms with Gasteiger partial charge in [-0.3, -0.25) is 0 Å². The van der Waals surface area contributed by atoms with Crippen molar-refractivity contribution in [3.63, 3.8) is 0 Å². The number of hydrogen-bond donors (Lipinski definition) is 4. The molecule has 0 aliphatic rings. The Hall–Kier alpha value is -3.49. The van der Waals surface area contributed by atoms with E-state index in [1.165, 1.54) is 30.3 Å². The van der Waals surface area contributed by atoms with E-state index in [0.717, 1.165) is 5.56 Å². The number of aliphatic hydroxyl groups is 1. The average molecular weight is 472 g/mol. The molecule has 4 N–H and O–H groups in total. The first-order valence-electron chi connectivity index (χ1n) is 10.8. The van der Waals surface area contributed by atoms with Crippen molar-refractivity contribution in [1.29, 1.82) is 0 Å². The molecule has 0 heterocycles. The Morgan fingerprint density at radius 3 is 2.38 bits per heavy atom. The molecule has 0 aliphatic heterocycles. The number of aromatic hydroxyl groups is 1. The number of aromatic carboxylic acids is 1. The maximum atomic E-state index is 14.3. The molecular formula is C26H27F2NO5. The summed E-state index contributed by atoms with van der Waals surface area (Å²) in [7, 11) is 0. The van der Waals surface area contributed by atoms with Crippen LogP contribution in [0, 0.1) is 0 Å². The van der Waals surface area contributed by atoms with Crippen LogP contribution >= 0.6 is 0 Å². The Balaban J connectivity index is 1.48. The second-order valence-electron chi connectivity index (χ2n) is 8.11. The van der Waals surface area contributed by atoms with Crippen LogP contribution in [0.2, 0.25) is 0 Å². The second kappa shape index (κ2) is 11.1. The maximum Gasteiger partial charge on any atom is 0.339 e. The summed E-state index contributed by atoms with van der Waals surface area (Å²) >= 11 is 0. The molecule has 3 aromatic carbocycles. The van der Waals surface area contributed by atoms with Gasteiger partial charge < -0.3 is 25.4 Å². The van der Waals surface area contributed by atoms with Crippen molar-refractivity contribution in [3.05, 3.63) is 95.1 Å². The van der Waals surface area contributed by atoms with Crippen LogP contribution < -0.4 is 10.1 Å². The van der Waals surface area contributed by atoms with Crippen molar-refractivity contribution in [3.8, 4) is 11.5 Å². The highest BCUT2D eigenvalue weighted by Crippen LogP contribution is 2.29. The van der Waals surface area contributed by atoms with E-state index in [1.807, 2.05) is 6.92 Å². The molecule has 0 radical (unpaired) electrons. The van der Waals surface area contributed by atoms with Crippen LogP contribution in [-0.4, -0.2) is 40.5 Å². The number of rotatable bonds is 11. The SMILES string of the molecule is CC(Cc1ccc(OCC(F)(F)c2ccccc2)cc1)NC[C@H](O)c1ccc(O)c(C(=O)O)c1. The van der Waals surface area contributed by atoms with Gasteiger partial charge in [-0.1, -0.05) is 48.5 Å². The number of nitrogens with one attached hydrogen (secondary N) is 1. The quantitative estimate of drug-likeness (QED) is 0.328. The number of aliphatic hydroxyl groups excluding tert-OH is 1. The molecule has 0 aromatic heterocycles. The number of phenols is 1. The van der Waals surface area contributed by atoms with E-state index >= 15 is 0 Å². The standard InChI is InChI=1S/C26H27F2NO5/c1-17(29-15-24(31)19-9-12-23(30)22(14-19)25(32)33)13-18-7-10-21(11-8-18)34-16-26(27,28)20-5-3-2-4-6-20/h2-12,14,17,24,29-31H,13,15-16H2,1H3,(H,32,33)/t17?,24-/m0/s1. The Kier molecular flexibility index (Phi) is 8.20.